The van der Waals surface area contributed by atoms with Crippen LogP contribution in [0.5, 0.6) is 0 Å². The monoisotopic (exact) mass is 248 g/mol. The Kier molecular flexibility index (Phi) is 5.52. The van der Waals surface area contributed by atoms with Gasteiger partial charge in [-0.05, 0) is 18.8 Å². The molecule has 0 aromatic rings. The first-order chi connectivity index (χ1) is 7.27. The van der Waals surface area contributed by atoms with Crippen molar-refractivity contribution in [3.05, 3.63) is 0 Å². The Morgan fingerprint density at radius 1 is 1.38 bits per heavy atom. The Hall–Kier alpha value is -0.320. The van der Waals surface area contributed by atoms with Gasteiger partial charge in [0, 0.05) is 39.8 Å². The Morgan fingerprint density at radius 2 is 2.00 bits per heavy atom. The van der Waals surface area contributed by atoms with E-state index in [1.54, 1.807) is 0 Å². The standard InChI is InChI=1S/C11H20N2O2.ClH/c1-13(10-7-12-8-10)11(14)6-9-2-4-15-5-3-9;/h9-10,12H,2-8H2,1H3;1H. The molecule has 2 aliphatic heterocycles. The number of nitrogens with one attached hydrogen (secondary N) is 1. The second-order valence-corrected chi connectivity index (χ2v) is 4.58. The molecule has 5 heteroatoms. The maximum absolute atomic E-state index is 11.9. The Labute approximate surface area is 103 Å². The van der Waals surface area contributed by atoms with Gasteiger partial charge in [-0.1, -0.05) is 0 Å². The highest BCUT2D eigenvalue weighted by atomic mass is 35.5. The fourth-order valence-corrected chi connectivity index (χ4v) is 2.09. The first-order valence-electron chi connectivity index (χ1n) is 5.81. The average molecular weight is 249 g/mol. The third-order valence-electron chi connectivity index (χ3n) is 3.51. The number of nitrogens with zero attached hydrogens (tertiary/aromatic N) is 1. The molecule has 0 aromatic heterocycles. The van der Waals surface area contributed by atoms with Gasteiger partial charge in [0.15, 0.2) is 0 Å². The number of hydrogen-bond acceptors (Lipinski definition) is 3. The lowest BCUT2D eigenvalue weighted by molar-refractivity contribution is -0.134. The summed E-state index contributed by atoms with van der Waals surface area (Å²) in [6.45, 7) is 3.56. The predicted molar refractivity (Wildman–Crippen MR) is 64.8 cm³/mol. The van der Waals surface area contributed by atoms with Gasteiger partial charge in [-0.25, -0.2) is 0 Å². The summed E-state index contributed by atoms with van der Waals surface area (Å²) in [6.07, 6.45) is 2.79. The number of amides is 1. The molecule has 4 nitrogen and oxygen atoms in total. The molecule has 2 fully saturated rings. The number of ether oxygens (including phenoxy) is 1. The van der Waals surface area contributed by atoms with Gasteiger partial charge in [0.05, 0.1) is 6.04 Å². The van der Waals surface area contributed by atoms with E-state index in [-0.39, 0.29) is 12.4 Å². The predicted octanol–water partition coefficient (Wildman–Crippen LogP) is 0.655. The normalized spacial score (nSPS) is 22.1. The number of hydrogen-bond donors (Lipinski definition) is 1. The fraction of sp³-hybridized carbons (Fsp3) is 0.909. The molecule has 2 saturated heterocycles. The van der Waals surface area contributed by atoms with Gasteiger partial charge in [-0.15, -0.1) is 12.4 Å². The lowest BCUT2D eigenvalue weighted by Gasteiger charge is -2.36. The van der Waals surface area contributed by atoms with Crippen molar-refractivity contribution in [2.45, 2.75) is 25.3 Å². The van der Waals surface area contributed by atoms with Crippen molar-refractivity contribution in [3.63, 3.8) is 0 Å². The summed E-state index contributed by atoms with van der Waals surface area (Å²) in [5, 5.41) is 3.19. The molecule has 0 radical (unpaired) electrons. The smallest absolute Gasteiger partial charge is 0.222 e. The van der Waals surface area contributed by atoms with Crippen molar-refractivity contribution in [2.75, 3.05) is 33.4 Å². The van der Waals surface area contributed by atoms with Crippen molar-refractivity contribution >= 4 is 18.3 Å². The van der Waals surface area contributed by atoms with Gasteiger partial charge >= 0.3 is 0 Å². The van der Waals surface area contributed by atoms with E-state index in [2.05, 4.69) is 5.32 Å². The molecule has 2 rings (SSSR count). The van der Waals surface area contributed by atoms with Gasteiger partial charge in [-0.2, -0.15) is 0 Å². The Balaban J connectivity index is 0.00000128. The highest BCUT2D eigenvalue weighted by molar-refractivity contribution is 5.85. The van der Waals surface area contributed by atoms with Crippen LogP contribution in [-0.2, 0) is 9.53 Å². The minimum absolute atomic E-state index is 0. The lowest BCUT2D eigenvalue weighted by Crippen LogP contribution is -2.57. The average Bonchev–Trinajstić information content (AvgIpc) is 2.16. The van der Waals surface area contributed by atoms with Crippen LogP contribution in [0.2, 0.25) is 0 Å². The third kappa shape index (κ3) is 3.34. The van der Waals surface area contributed by atoms with E-state index in [4.69, 9.17) is 4.74 Å². The van der Waals surface area contributed by atoms with Crippen LogP contribution in [0.1, 0.15) is 19.3 Å². The van der Waals surface area contributed by atoms with E-state index >= 15 is 0 Å². The number of carbonyl (C=O) groups excluding carboxylic acids is 1. The summed E-state index contributed by atoms with van der Waals surface area (Å²) in [4.78, 5) is 13.8. The largest absolute Gasteiger partial charge is 0.381 e. The molecule has 0 atom stereocenters. The molecule has 1 N–H and O–H groups in total. The Bertz CT molecular complexity index is 228. The van der Waals surface area contributed by atoms with Gasteiger partial charge in [0.25, 0.3) is 0 Å². The van der Waals surface area contributed by atoms with Crippen LogP contribution < -0.4 is 5.32 Å². The lowest BCUT2D eigenvalue weighted by atomic mass is 9.95. The highest BCUT2D eigenvalue weighted by Crippen LogP contribution is 2.20. The molecule has 0 spiro atoms. The summed E-state index contributed by atoms with van der Waals surface area (Å²) in [6, 6.07) is 0.428. The topological polar surface area (TPSA) is 41.6 Å². The second kappa shape index (κ2) is 6.42. The molecule has 0 bridgehead atoms. The zero-order valence-corrected chi connectivity index (χ0v) is 10.6. The minimum atomic E-state index is 0. The van der Waals surface area contributed by atoms with Crippen molar-refractivity contribution in [2.24, 2.45) is 5.92 Å². The summed E-state index contributed by atoms with van der Waals surface area (Å²) in [5.41, 5.74) is 0. The van der Waals surface area contributed by atoms with E-state index in [1.807, 2.05) is 11.9 Å². The van der Waals surface area contributed by atoms with Crippen LogP contribution in [0.15, 0.2) is 0 Å². The fourth-order valence-electron chi connectivity index (χ4n) is 2.09. The number of halogens is 1. The summed E-state index contributed by atoms with van der Waals surface area (Å²) >= 11 is 0. The molecule has 2 heterocycles. The van der Waals surface area contributed by atoms with E-state index in [0.29, 0.717) is 24.3 Å². The SMILES string of the molecule is CN(C(=O)CC1CCOCC1)C1CNC1.Cl. The Morgan fingerprint density at radius 3 is 2.50 bits per heavy atom. The highest BCUT2D eigenvalue weighted by Gasteiger charge is 2.27. The van der Waals surface area contributed by atoms with E-state index in [1.165, 1.54) is 0 Å². The van der Waals surface area contributed by atoms with Crippen molar-refractivity contribution in [1.29, 1.82) is 0 Å². The van der Waals surface area contributed by atoms with Crippen LogP contribution in [0.3, 0.4) is 0 Å². The van der Waals surface area contributed by atoms with Crippen LogP contribution in [0.4, 0.5) is 0 Å². The molecule has 1 amide bonds. The van der Waals surface area contributed by atoms with E-state index in [9.17, 15) is 4.79 Å². The molecule has 2 aliphatic rings. The molecular formula is C11H21ClN2O2. The number of likely N-dealkylation sites (N-methyl/N-ethyl adjacent to an activating group) is 1. The van der Waals surface area contributed by atoms with Crippen molar-refractivity contribution in [1.82, 2.24) is 10.2 Å². The summed E-state index contributed by atoms with van der Waals surface area (Å²) in [7, 11) is 1.92. The van der Waals surface area contributed by atoms with Crippen molar-refractivity contribution in [3.8, 4) is 0 Å². The third-order valence-corrected chi connectivity index (χ3v) is 3.51. The molecule has 0 aromatic carbocycles. The van der Waals surface area contributed by atoms with Crippen molar-refractivity contribution < 1.29 is 9.53 Å². The zero-order valence-electron chi connectivity index (χ0n) is 9.78. The molecule has 0 unspecified atom stereocenters. The van der Waals surface area contributed by atoms with Crippen LogP contribution in [-0.4, -0.2) is 50.2 Å². The minimum Gasteiger partial charge on any atom is -0.381 e. The quantitative estimate of drug-likeness (QED) is 0.798. The maximum atomic E-state index is 11.9. The molecule has 0 saturated carbocycles. The second-order valence-electron chi connectivity index (χ2n) is 4.58. The maximum Gasteiger partial charge on any atom is 0.222 e. The first kappa shape index (κ1) is 13.7. The zero-order chi connectivity index (χ0) is 10.7. The van der Waals surface area contributed by atoms with Crippen LogP contribution >= 0.6 is 12.4 Å². The van der Waals surface area contributed by atoms with E-state index in [0.717, 1.165) is 39.1 Å². The van der Waals surface area contributed by atoms with Gasteiger partial charge in [0.1, 0.15) is 0 Å². The van der Waals surface area contributed by atoms with Crippen LogP contribution in [0, 0.1) is 5.92 Å². The number of rotatable bonds is 3. The molecule has 94 valence electrons. The summed E-state index contributed by atoms with van der Waals surface area (Å²) < 4.78 is 5.29. The summed E-state index contributed by atoms with van der Waals surface area (Å²) in [5.74, 6) is 0.843. The molecular weight excluding hydrogens is 228 g/mol. The van der Waals surface area contributed by atoms with E-state index < -0.39 is 0 Å². The van der Waals surface area contributed by atoms with Gasteiger partial charge in [0.2, 0.25) is 5.91 Å². The number of carbonyl (C=O) groups is 1. The van der Waals surface area contributed by atoms with Gasteiger partial charge < -0.3 is 15.0 Å². The molecule has 16 heavy (non-hydrogen) atoms. The molecule has 0 aliphatic carbocycles. The van der Waals surface area contributed by atoms with Crippen LogP contribution in [0.25, 0.3) is 0 Å². The first-order valence-corrected chi connectivity index (χ1v) is 5.81. The van der Waals surface area contributed by atoms with Gasteiger partial charge in [-0.3, -0.25) is 4.79 Å².